The third-order valence-corrected chi connectivity index (χ3v) is 3.93. The van der Waals surface area contributed by atoms with Crippen molar-refractivity contribution in [1.82, 2.24) is 0 Å². The first-order valence-corrected chi connectivity index (χ1v) is 6.96. The second kappa shape index (κ2) is 4.37. The van der Waals surface area contributed by atoms with Crippen molar-refractivity contribution in [2.24, 2.45) is 0 Å². The van der Waals surface area contributed by atoms with Crippen LogP contribution in [0.5, 0.6) is 0 Å². The van der Waals surface area contributed by atoms with Gasteiger partial charge in [-0.2, -0.15) is 0 Å². The SMILES string of the molecule is O=c1cc2c(c(-c3cc4ccccc4o3)o1)CCCC2. The predicted octanol–water partition coefficient (Wildman–Crippen LogP) is 3.93. The first-order chi connectivity index (χ1) is 9.81. The van der Waals surface area contributed by atoms with Gasteiger partial charge in [0.15, 0.2) is 11.5 Å². The van der Waals surface area contributed by atoms with E-state index in [1.165, 1.54) is 0 Å². The molecular formula is C17H14O3. The van der Waals surface area contributed by atoms with Gasteiger partial charge in [0.2, 0.25) is 0 Å². The summed E-state index contributed by atoms with van der Waals surface area (Å²) in [6, 6.07) is 11.4. The second-order valence-corrected chi connectivity index (χ2v) is 5.25. The number of benzene rings is 1. The molecule has 0 fully saturated rings. The van der Waals surface area contributed by atoms with Crippen molar-refractivity contribution in [3.63, 3.8) is 0 Å². The number of hydrogen-bond acceptors (Lipinski definition) is 3. The van der Waals surface area contributed by atoms with Crippen LogP contribution in [0, 0.1) is 0 Å². The maximum absolute atomic E-state index is 11.7. The summed E-state index contributed by atoms with van der Waals surface area (Å²) in [6.07, 6.45) is 4.17. The minimum absolute atomic E-state index is 0.291. The van der Waals surface area contributed by atoms with Gasteiger partial charge in [-0.15, -0.1) is 0 Å². The molecule has 1 aliphatic carbocycles. The van der Waals surface area contributed by atoms with Crippen molar-refractivity contribution in [3.05, 3.63) is 57.9 Å². The van der Waals surface area contributed by atoms with Gasteiger partial charge in [-0.1, -0.05) is 18.2 Å². The zero-order valence-electron chi connectivity index (χ0n) is 11.0. The highest BCUT2D eigenvalue weighted by Gasteiger charge is 2.20. The number of fused-ring (bicyclic) bond motifs is 2. The molecule has 100 valence electrons. The number of furan rings is 1. The average molecular weight is 266 g/mol. The Morgan fingerprint density at radius 1 is 0.950 bits per heavy atom. The molecule has 0 bridgehead atoms. The van der Waals surface area contributed by atoms with Crippen molar-refractivity contribution < 1.29 is 8.83 Å². The molecule has 4 rings (SSSR count). The van der Waals surface area contributed by atoms with Crippen LogP contribution in [-0.4, -0.2) is 0 Å². The Morgan fingerprint density at radius 3 is 2.70 bits per heavy atom. The van der Waals surface area contributed by atoms with Crippen LogP contribution in [0.2, 0.25) is 0 Å². The average Bonchev–Trinajstić information content (AvgIpc) is 2.90. The predicted molar refractivity (Wildman–Crippen MR) is 76.8 cm³/mol. The third-order valence-electron chi connectivity index (χ3n) is 3.93. The summed E-state index contributed by atoms with van der Waals surface area (Å²) in [7, 11) is 0. The zero-order chi connectivity index (χ0) is 13.5. The Balaban J connectivity index is 1.97. The van der Waals surface area contributed by atoms with Gasteiger partial charge in [0.05, 0.1) is 0 Å². The van der Waals surface area contributed by atoms with Crippen LogP contribution >= 0.6 is 0 Å². The number of aryl methyl sites for hydroxylation is 1. The van der Waals surface area contributed by atoms with E-state index in [1.807, 2.05) is 30.3 Å². The van der Waals surface area contributed by atoms with E-state index in [0.717, 1.165) is 47.8 Å². The number of hydrogen-bond donors (Lipinski definition) is 0. The van der Waals surface area contributed by atoms with E-state index in [1.54, 1.807) is 6.07 Å². The highest BCUT2D eigenvalue weighted by atomic mass is 16.4. The van der Waals surface area contributed by atoms with Gasteiger partial charge in [0.1, 0.15) is 5.58 Å². The standard InChI is InChI=1S/C17H14O3/c18-16-10-11-5-1-3-7-13(11)17(20-16)15-9-12-6-2-4-8-14(12)19-15/h2,4,6,8-10H,1,3,5,7H2. The van der Waals surface area contributed by atoms with Gasteiger partial charge < -0.3 is 8.83 Å². The Hall–Kier alpha value is -2.29. The molecule has 0 spiro atoms. The van der Waals surface area contributed by atoms with Crippen LogP contribution in [0.25, 0.3) is 22.5 Å². The summed E-state index contributed by atoms with van der Waals surface area (Å²) in [5.74, 6) is 1.27. The molecule has 3 heteroatoms. The molecule has 0 saturated carbocycles. The molecule has 2 heterocycles. The highest BCUT2D eigenvalue weighted by Crippen LogP contribution is 2.33. The fourth-order valence-electron chi connectivity index (χ4n) is 2.97. The lowest BCUT2D eigenvalue weighted by atomic mass is 9.91. The molecule has 0 amide bonds. The van der Waals surface area contributed by atoms with Crippen LogP contribution in [0.4, 0.5) is 0 Å². The van der Waals surface area contributed by atoms with E-state index in [9.17, 15) is 4.79 Å². The fourth-order valence-corrected chi connectivity index (χ4v) is 2.97. The molecule has 20 heavy (non-hydrogen) atoms. The van der Waals surface area contributed by atoms with E-state index in [0.29, 0.717) is 11.5 Å². The molecule has 0 aliphatic heterocycles. The molecule has 1 aliphatic rings. The number of rotatable bonds is 1. The van der Waals surface area contributed by atoms with Crippen molar-refractivity contribution in [2.45, 2.75) is 25.7 Å². The first kappa shape index (κ1) is 11.5. The largest absolute Gasteiger partial charge is 0.453 e. The minimum atomic E-state index is -0.291. The lowest BCUT2D eigenvalue weighted by Gasteiger charge is -2.16. The topological polar surface area (TPSA) is 43.4 Å². The van der Waals surface area contributed by atoms with E-state index in [4.69, 9.17) is 8.83 Å². The third kappa shape index (κ3) is 1.78. The van der Waals surface area contributed by atoms with Crippen LogP contribution < -0.4 is 5.63 Å². The summed E-state index contributed by atoms with van der Waals surface area (Å²) in [5.41, 5.74) is 2.78. The molecule has 0 saturated heterocycles. The van der Waals surface area contributed by atoms with E-state index >= 15 is 0 Å². The van der Waals surface area contributed by atoms with Gasteiger partial charge >= 0.3 is 5.63 Å². The van der Waals surface area contributed by atoms with Crippen molar-refractivity contribution in [2.75, 3.05) is 0 Å². The van der Waals surface area contributed by atoms with E-state index < -0.39 is 0 Å². The molecule has 1 aromatic carbocycles. The van der Waals surface area contributed by atoms with Crippen LogP contribution in [-0.2, 0) is 12.8 Å². The monoisotopic (exact) mass is 266 g/mol. The smallest absolute Gasteiger partial charge is 0.336 e. The van der Waals surface area contributed by atoms with Gasteiger partial charge in [-0.3, -0.25) is 0 Å². The molecule has 3 aromatic rings. The molecule has 0 N–H and O–H groups in total. The summed E-state index contributed by atoms with van der Waals surface area (Å²) in [6.45, 7) is 0. The lowest BCUT2D eigenvalue weighted by molar-refractivity contribution is 0.484. The Bertz CT molecular complexity index is 806. The Morgan fingerprint density at radius 2 is 1.80 bits per heavy atom. The normalized spacial score (nSPS) is 14.4. The molecule has 3 nitrogen and oxygen atoms in total. The summed E-state index contributed by atoms with van der Waals surface area (Å²) >= 11 is 0. The summed E-state index contributed by atoms with van der Waals surface area (Å²) in [4.78, 5) is 11.7. The highest BCUT2D eigenvalue weighted by molar-refractivity contribution is 5.82. The van der Waals surface area contributed by atoms with Gasteiger partial charge in [-0.05, 0) is 43.4 Å². The molecule has 0 radical (unpaired) electrons. The van der Waals surface area contributed by atoms with Gasteiger partial charge in [-0.25, -0.2) is 4.79 Å². The molecule has 0 unspecified atom stereocenters. The molecular weight excluding hydrogens is 252 g/mol. The summed E-state index contributed by atoms with van der Waals surface area (Å²) in [5, 5.41) is 1.03. The second-order valence-electron chi connectivity index (χ2n) is 5.25. The van der Waals surface area contributed by atoms with Gasteiger partial charge in [0.25, 0.3) is 0 Å². The molecule has 2 aromatic heterocycles. The fraction of sp³-hybridized carbons (Fsp3) is 0.235. The van der Waals surface area contributed by atoms with Crippen LogP contribution in [0.3, 0.4) is 0 Å². The van der Waals surface area contributed by atoms with Crippen molar-refractivity contribution in [3.8, 4) is 11.5 Å². The van der Waals surface area contributed by atoms with Gasteiger partial charge in [0, 0.05) is 17.0 Å². The first-order valence-electron chi connectivity index (χ1n) is 6.96. The van der Waals surface area contributed by atoms with Crippen LogP contribution in [0.15, 0.2) is 50.0 Å². The molecule has 0 atom stereocenters. The van der Waals surface area contributed by atoms with Crippen molar-refractivity contribution >= 4 is 11.0 Å². The quantitative estimate of drug-likeness (QED) is 0.670. The minimum Gasteiger partial charge on any atom is -0.453 e. The number of para-hydroxylation sites is 1. The van der Waals surface area contributed by atoms with Crippen LogP contribution in [0.1, 0.15) is 24.0 Å². The Labute approximate surface area is 115 Å². The maximum atomic E-state index is 11.7. The summed E-state index contributed by atoms with van der Waals surface area (Å²) < 4.78 is 11.3. The lowest BCUT2D eigenvalue weighted by Crippen LogP contribution is -2.10. The zero-order valence-corrected chi connectivity index (χ0v) is 11.0. The van der Waals surface area contributed by atoms with E-state index in [2.05, 4.69) is 0 Å². The van der Waals surface area contributed by atoms with E-state index in [-0.39, 0.29) is 5.63 Å². The maximum Gasteiger partial charge on any atom is 0.336 e. The van der Waals surface area contributed by atoms with Crippen molar-refractivity contribution in [1.29, 1.82) is 0 Å². The Kier molecular flexibility index (Phi) is 2.52.